The molecular formula is C15H13ClN4O2S. The number of fused-ring (bicyclic) bond motifs is 1. The summed E-state index contributed by atoms with van der Waals surface area (Å²) < 4.78 is 1.50. The number of amides is 1. The van der Waals surface area contributed by atoms with Gasteiger partial charge >= 0.3 is 0 Å². The van der Waals surface area contributed by atoms with Crippen molar-refractivity contribution in [1.82, 2.24) is 9.38 Å². The average molecular weight is 349 g/mol. The lowest BCUT2D eigenvalue weighted by molar-refractivity contribution is -0.114. The van der Waals surface area contributed by atoms with Gasteiger partial charge in [0.25, 0.3) is 5.56 Å². The maximum absolute atomic E-state index is 12.0. The van der Waals surface area contributed by atoms with E-state index < -0.39 is 0 Å². The fourth-order valence-corrected chi connectivity index (χ4v) is 3.04. The van der Waals surface area contributed by atoms with Gasteiger partial charge in [-0.1, -0.05) is 11.6 Å². The highest BCUT2D eigenvalue weighted by Gasteiger charge is 2.07. The molecule has 0 aliphatic rings. The zero-order valence-corrected chi connectivity index (χ0v) is 13.7. The number of rotatable bonds is 4. The van der Waals surface area contributed by atoms with E-state index in [1.54, 1.807) is 24.4 Å². The molecule has 6 nitrogen and oxygen atoms in total. The van der Waals surface area contributed by atoms with E-state index >= 15 is 0 Å². The van der Waals surface area contributed by atoms with Crippen molar-refractivity contribution in [2.24, 2.45) is 0 Å². The number of benzene rings is 1. The summed E-state index contributed by atoms with van der Waals surface area (Å²) >= 11 is 7.40. The van der Waals surface area contributed by atoms with Crippen molar-refractivity contribution in [2.75, 3.05) is 10.6 Å². The van der Waals surface area contributed by atoms with Crippen LogP contribution in [0, 0.1) is 0 Å². The summed E-state index contributed by atoms with van der Waals surface area (Å²) in [5.41, 5.74) is 1.78. The van der Waals surface area contributed by atoms with Gasteiger partial charge in [-0.15, -0.1) is 11.3 Å². The van der Waals surface area contributed by atoms with Crippen molar-refractivity contribution < 1.29 is 4.79 Å². The summed E-state index contributed by atoms with van der Waals surface area (Å²) in [4.78, 5) is 28.3. The Hall–Kier alpha value is -2.38. The topological polar surface area (TPSA) is 75.5 Å². The molecule has 0 atom stereocenters. The van der Waals surface area contributed by atoms with Crippen LogP contribution in [-0.2, 0) is 11.3 Å². The molecule has 0 aliphatic carbocycles. The number of anilines is 2. The molecular weight excluding hydrogens is 336 g/mol. The first-order valence-electron chi connectivity index (χ1n) is 6.80. The second kappa shape index (κ2) is 6.39. The number of hydrogen-bond donors (Lipinski definition) is 2. The molecule has 3 aromatic rings. The van der Waals surface area contributed by atoms with Gasteiger partial charge in [0.15, 0.2) is 4.96 Å². The number of nitrogens with zero attached hydrogens (tertiary/aromatic N) is 2. The van der Waals surface area contributed by atoms with E-state index in [-0.39, 0.29) is 11.5 Å². The molecule has 118 valence electrons. The quantitative estimate of drug-likeness (QED) is 0.760. The third kappa shape index (κ3) is 3.52. The predicted octanol–water partition coefficient (Wildman–Crippen LogP) is 2.98. The van der Waals surface area contributed by atoms with Crippen LogP contribution in [0.5, 0.6) is 0 Å². The van der Waals surface area contributed by atoms with E-state index in [0.717, 1.165) is 0 Å². The van der Waals surface area contributed by atoms with Gasteiger partial charge in [0.2, 0.25) is 5.91 Å². The maximum Gasteiger partial charge on any atom is 0.258 e. The zero-order chi connectivity index (χ0) is 16.4. The standard InChI is InChI=1S/C15H13ClN4O2S/c1-9(21)18-12-3-2-10(16)6-13(12)17-8-11-7-14(22)20-4-5-23-15(20)19-11/h2-7,17H,8H2,1H3,(H,18,21). The van der Waals surface area contributed by atoms with Crippen LogP contribution in [0.25, 0.3) is 4.96 Å². The number of thiazole rings is 1. The van der Waals surface area contributed by atoms with E-state index in [0.29, 0.717) is 33.6 Å². The number of aromatic nitrogens is 2. The van der Waals surface area contributed by atoms with Gasteiger partial charge in [-0.3, -0.25) is 14.0 Å². The van der Waals surface area contributed by atoms with Gasteiger partial charge in [0.1, 0.15) is 0 Å². The van der Waals surface area contributed by atoms with E-state index in [1.807, 2.05) is 5.38 Å². The van der Waals surface area contributed by atoms with E-state index in [4.69, 9.17) is 11.6 Å². The van der Waals surface area contributed by atoms with Crippen LogP contribution in [0.1, 0.15) is 12.6 Å². The van der Waals surface area contributed by atoms with E-state index in [2.05, 4.69) is 15.6 Å². The Morgan fingerprint density at radius 1 is 1.35 bits per heavy atom. The molecule has 8 heteroatoms. The Balaban J connectivity index is 1.85. The summed E-state index contributed by atoms with van der Waals surface area (Å²) in [5, 5.41) is 8.24. The second-order valence-corrected chi connectivity index (χ2v) is 6.18. The minimum atomic E-state index is -0.174. The molecule has 2 heterocycles. The lowest BCUT2D eigenvalue weighted by atomic mass is 10.2. The van der Waals surface area contributed by atoms with Crippen LogP contribution >= 0.6 is 22.9 Å². The van der Waals surface area contributed by atoms with Crippen molar-refractivity contribution in [3.8, 4) is 0 Å². The highest BCUT2D eigenvalue weighted by atomic mass is 35.5. The third-order valence-electron chi connectivity index (χ3n) is 3.11. The summed E-state index contributed by atoms with van der Waals surface area (Å²) in [6.45, 7) is 1.78. The van der Waals surface area contributed by atoms with Crippen molar-refractivity contribution in [1.29, 1.82) is 0 Å². The molecule has 2 N–H and O–H groups in total. The number of carbonyl (C=O) groups is 1. The molecule has 0 aliphatic heterocycles. The lowest BCUT2D eigenvalue weighted by Crippen LogP contribution is -2.15. The summed E-state index contributed by atoms with van der Waals surface area (Å²) in [6, 6.07) is 6.61. The summed E-state index contributed by atoms with van der Waals surface area (Å²) in [5.74, 6) is -0.174. The fourth-order valence-electron chi connectivity index (χ4n) is 2.13. The van der Waals surface area contributed by atoms with Gasteiger partial charge in [0, 0.05) is 29.6 Å². The molecule has 0 saturated carbocycles. The Labute approximate surface area is 140 Å². The molecule has 0 unspecified atom stereocenters. The van der Waals surface area contributed by atoms with Gasteiger partial charge in [-0.2, -0.15) is 0 Å². The molecule has 23 heavy (non-hydrogen) atoms. The van der Waals surface area contributed by atoms with Crippen molar-refractivity contribution in [3.05, 3.63) is 56.9 Å². The Morgan fingerprint density at radius 2 is 2.17 bits per heavy atom. The predicted molar refractivity (Wildman–Crippen MR) is 92.4 cm³/mol. The zero-order valence-electron chi connectivity index (χ0n) is 12.2. The van der Waals surface area contributed by atoms with Crippen LogP contribution in [0.4, 0.5) is 11.4 Å². The lowest BCUT2D eigenvalue weighted by Gasteiger charge is -2.12. The van der Waals surface area contributed by atoms with Crippen LogP contribution < -0.4 is 16.2 Å². The molecule has 0 spiro atoms. The third-order valence-corrected chi connectivity index (χ3v) is 4.10. The number of halogens is 1. The number of nitrogens with one attached hydrogen (secondary N) is 2. The minimum absolute atomic E-state index is 0.124. The average Bonchev–Trinajstić information content (AvgIpc) is 2.96. The summed E-state index contributed by atoms with van der Waals surface area (Å²) in [7, 11) is 0. The molecule has 3 rings (SSSR count). The molecule has 1 aromatic carbocycles. The molecule has 0 fully saturated rings. The molecule has 0 radical (unpaired) electrons. The van der Waals surface area contributed by atoms with Crippen molar-refractivity contribution >= 4 is 45.2 Å². The fraction of sp³-hybridized carbons (Fsp3) is 0.133. The molecule has 2 aromatic heterocycles. The largest absolute Gasteiger partial charge is 0.378 e. The molecule has 1 amide bonds. The van der Waals surface area contributed by atoms with Crippen molar-refractivity contribution in [2.45, 2.75) is 13.5 Å². The summed E-state index contributed by atoms with van der Waals surface area (Å²) in [6.07, 6.45) is 1.69. The second-order valence-electron chi connectivity index (χ2n) is 4.87. The Kier molecular flexibility index (Phi) is 4.31. The van der Waals surface area contributed by atoms with Gasteiger partial charge in [-0.25, -0.2) is 4.98 Å². The number of hydrogen-bond acceptors (Lipinski definition) is 5. The van der Waals surface area contributed by atoms with Gasteiger partial charge in [0.05, 0.1) is 23.6 Å². The highest BCUT2D eigenvalue weighted by molar-refractivity contribution is 7.15. The normalized spacial score (nSPS) is 10.7. The first-order chi connectivity index (χ1) is 11.0. The Bertz CT molecular complexity index is 935. The monoisotopic (exact) mass is 348 g/mol. The maximum atomic E-state index is 12.0. The van der Waals surface area contributed by atoms with Crippen LogP contribution in [-0.4, -0.2) is 15.3 Å². The van der Waals surface area contributed by atoms with E-state index in [9.17, 15) is 9.59 Å². The first-order valence-corrected chi connectivity index (χ1v) is 8.05. The first kappa shape index (κ1) is 15.5. The van der Waals surface area contributed by atoms with Crippen molar-refractivity contribution in [3.63, 3.8) is 0 Å². The van der Waals surface area contributed by atoms with Crippen LogP contribution in [0.2, 0.25) is 5.02 Å². The van der Waals surface area contributed by atoms with Crippen LogP contribution in [0.15, 0.2) is 40.6 Å². The minimum Gasteiger partial charge on any atom is -0.378 e. The van der Waals surface area contributed by atoms with Gasteiger partial charge < -0.3 is 10.6 Å². The molecule has 0 bridgehead atoms. The van der Waals surface area contributed by atoms with E-state index in [1.165, 1.54) is 28.7 Å². The highest BCUT2D eigenvalue weighted by Crippen LogP contribution is 2.26. The van der Waals surface area contributed by atoms with Crippen LogP contribution in [0.3, 0.4) is 0 Å². The SMILES string of the molecule is CC(=O)Nc1ccc(Cl)cc1NCc1cc(=O)n2ccsc2n1. The molecule has 0 saturated heterocycles. The van der Waals surface area contributed by atoms with Gasteiger partial charge in [-0.05, 0) is 18.2 Å². The Morgan fingerprint density at radius 3 is 2.96 bits per heavy atom. The smallest absolute Gasteiger partial charge is 0.258 e. The number of carbonyl (C=O) groups excluding carboxylic acids is 1.